The predicted molar refractivity (Wildman–Crippen MR) is 87.8 cm³/mol. The van der Waals surface area contributed by atoms with E-state index in [-0.39, 0.29) is 0 Å². The van der Waals surface area contributed by atoms with Crippen molar-refractivity contribution in [3.63, 3.8) is 0 Å². The molecular formula is C19H28O2. The normalized spacial score (nSPS) is 20.6. The van der Waals surface area contributed by atoms with Crippen molar-refractivity contribution in [1.29, 1.82) is 0 Å². The molecule has 0 spiro atoms. The van der Waals surface area contributed by atoms with Crippen LogP contribution in [-0.4, -0.2) is 20.3 Å². The molecule has 2 heteroatoms. The lowest BCUT2D eigenvalue weighted by Crippen LogP contribution is -2.24. The standard InChI is InChI=1S/C19H28O2/c1-3-6-17(18-9-5-14-21-15-18)8-4-7-16-10-12-19(20-2)13-11-16/h4,8,10-13,17-18H,3,5-7,9,14-15H2,1-2H3. The molecule has 0 bridgehead atoms. The SMILES string of the molecule is CCCC(C=CCc1ccc(OC)cc1)C1CCCOC1. The second kappa shape index (κ2) is 8.89. The minimum atomic E-state index is 0.675. The van der Waals surface area contributed by atoms with Crippen molar-refractivity contribution in [1.82, 2.24) is 0 Å². The fraction of sp³-hybridized carbons (Fsp3) is 0.579. The molecule has 0 N–H and O–H groups in total. The Morgan fingerprint density at radius 3 is 2.76 bits per heavy atom. The van der Waals surface area contributed by atoms with Crippen LogP contribution in [0.5, 0.6) is 5.75 Å². The van der Waals surface area contributed by atoms with E-state index >= 15 is 0 Å². The topological polar surface area (TPSA) is 18.5 Å². The highest BCUT2D eigenvalue weighted by molar-refractivity contribution is 5.28. The van der Waals surface area contributed by atoms with Crippen LogP contribution in [0.2, 0.25) is 0 Å². The molecule has 2 atom stereocenters. The molecule has 0 radical (unpaired) electrons. The minimum Gasteiger partial charge on any atom is -0.497 e. The summed E-state index contributed by atoms with van der Waals surface area (Å²) >= 11 is 0. The molecule has 1 aliphatic rings. The van der Waals surface area contributed by atoms with Crippen LogP contribution in [0.15, 0.2) is 36.4 Å². The Labute approximate surface area is 129 Å². The van der Waals surface area contributed by atoms with Gasteiger partial charge in [-0.15, -0.1) is 0 Å². The summed E-state index contributed by atoms with van der Waals surface area (Å²) in [6, 6.07) is 8.34. The second-order valence-corrected chi connectivity index (χ2v) is 5.91. The third-order valence-electron chi connectivity index (χ3n) is 4.32. The fourth-order valence-electron chi connectivity index (χ4n) is 3.07. The first-order chi connectivity index (χ1) is 10.3. The maximum Gasteiger partial charge on any atom is 0.118 e. The quantitative estimate of drug-likeness (QED) is 0.681. The summed E-state index contributed by atoms with van der Waals surface area (Å²) in [6.45, 7) is 4.16. The lowest BCUT2D eigenvalue weighted by atomic mass is 9.84. The average Bonchev–Trinajstić information content (AvgIpc) is 2.55. The molecule has 0 saturated carbocycles. The molecule has 21 heavy (non-hydrogen) atoms. The van der Waals surface area contributed by atoms with E-state index in [1.54, 1.807) is 7.11 Å². The highest BCUT2D eigenvalue weighted by Gasteiger charge is 2.21. The summed E-state index contributed by atoms with van der Waals surface area (Å²) in [5.41, 5.74) is 1.34. The van der Waals surface area contributed by atoms with E-state index in [9.17, 15) is 0 Å². The van der Waals surface area contributed by atoms with Crippen LogP contribution in [-0.2, 0) is 11.2 Å². The Bertz CT molecular complexity index is 416. The highest BCUT2D eigenvalue weighted by atomic mass is 16.5. The number of hydrogen-bond donors (Lipinski definition) is 0. The van der Waals surface area contributed by atoms with Gasteiger partial charge in [-0.3, -0.25) is 0 Å². The van der Waals surface area contributed by atoms with Crippen molar-refractivity contribution >= 4 is 0 Å². The van der Waals surface area contributed by atoms with E-state index in [1.165, 1.54) is 31.2 Å². The van der Waals surface area contributed by atoms with Gasteiger partial charge in [0.05, 0.1) is 7.11 Å². The molecule has 2 unspecified atom stereocenters. The van der Waals surface area contributed by atoms with Crippen molar-refractivity contribution in [2.45, 2.75) is 39.0 Å². The first-order valence-corrected chi connectivity index (χ1v) is 8.20. The Balaban J connectivity index is 1.88. The molecule has 1 aliphatic heterocycles. The molecule has 1 fully saturated rings. The largest absolute Gasteiger partial charge is 0.497 e. The number of benzene rings is 1. The molecule has 1 aromatic carbocycles. The van der Waals surface area contributed by atoms with Gasteiger partial charge >= 0.3 is 0 Å². The minimum absolute atomic E-state index is 0.675. The molecule has 1 heterocycles. The average molecular weight is 288 g/mol. The Kier molecular flexibility index (Phi) is 6.81. The third kappa shape index (κ3) is 5.20. The number of allylic oxidation sites excluding steroid dienone is 2. The van der Waals surface area contributed by atoms with Crippen LogP contribution >= 0.6 is 0 Å². The van der Waals surface area contributed by atoms with Crippen LogP contribution in [0.3, 0.4) is 0 Å². The van der Waals surface area contributed by atoms with Gasteiger partial charge in [-0.1, -0.05) is 37.6 Å². The zero-order chi connectivity index (χ0) is 14.9. The molecule has 1 aromatic rings. The summed E-state index contributed by atoms with van der Waals surface area (Å²) < 4.78 is 10.8. The summed E-state index contributed by atoms with van der Waals surface area (Å²) in [5.74, 6) is 2.31. The lowest BCUT2D eigenvalue weighted by Gasteiger charge is -2.28. The fourth-order valence-corrected chi connectivity index (χ4v) is 3.07. The zero-order valence-corrected chi connectivity index (χ0v) is 13.4. The number of ether oxygens (including phenoxy) is 2. The van der Waals surface area contributed by atoms with Gasteiger partial charge in [-0.2, -0.15) is 0 Å². The molecule has 116 valence electrons. The highest BCUT2D eigenvalue weighted by Crippen LogP contribution is 2.27. The predicted octanol–water partition coefficient (Wildman–Crippen LogP) is 4.64. The Morgan fingerprint density at radius 2 is 2.14 bits per heavy atom. The van der Waals surface area contributed by atoms with Crippen molar-refractivity contribution in [2.75, 3.05) is 20.3 Å². The Morgan fingerprint density at radius 1 is 1.33 bits per heavy atom. The molecule has 1 saturated heterocycles. The van der Waals surface area contributed by atoms with Gasteiger partial charge in [-0.05, 0) is 55.2 Å². The Hall–Kier alpha value is -1.28. The van der Waals surface area contributed by atoms with E-state index in [1.807, 2.05) is 12.1 Å². The van der Waals surface area contributed by atoms with Crippen molar-refractivity contribution in [2.24, 2.45) is 11.8 Å². The van der Waals surface area contributed by atoms with Crippen LogP contribution in [0.1, 0.15) is 38.2 Å². The molecule has 0 amide bonds. The first kappa shape index (κ1) is 16.1. The molecule has 0 aromatic heterocycles. The van der Waals surface area contributed by atoms with Crippen molar-refractivity contribution < 1.29 is 9.47 Å². The van der Waals surface area contributed by atoms with Gasteiger partial charge in [0.1, 0.15) is 5.75 Å². The van der Waals surface area contributed by atoms with Gasteiger partial charge in [0, 0.05) is 13.2 Å². The van der Waals surface area contributed by atoms with E-state index in [2.05, 4.69) is 31.2 Å². The van der Waals surface area contributed by atoms with Crippen molar-refractivity contribution in [3.05, 3.63) is 42.0 Å². The van der Waals surface area contributed by atoms with E-state index in [4.69, 9.17) is 9.47 Å². The summed E-state index contributed by atoms with van der Waals surface area (Å²) in [5, 5.41) is 0. The monoisotopic (exact) mass is 288 g/mol. The van der Waals surface area contributed by atoms with Gasteiger partial charge in [0.25, 0.3) is 0 Å². The van der Waals surface area contributed by atoms with Gasteiger partial charge in [0.15, 0.2) is 0 Å². The number of hydrogen-bond acceptors (Lipinski definition) is 2. The van der Waals surface area contributed by atoms with Gasteiger partial charge in [0.2, 0.25) is 0 Å². The maximum absolute atomic E-state index is 5.65. The molecule has 0 aliphatic carbocycles. The second-order valence-electron chi connectivity index (χ2n) is 5.91. The number of rotatable bonds is 7. The maximum atomic E-state index is 5.65. The molecule has 2 rings (SSSR count). The number of methoxy groups -OCH3 is 1. The molecular weight excluding hydrogens is 260 g/mol. The van der Waals surface area contributed by atoms with Crippen LogP contribution in [0, 0.1) is 11.8 Å². The summed E-state index contributed by atoms with van der Waals surface area (Å²) in [7, 11) is 1.70. The van der Waals surface area contributed by atoms with E-state index in [0.717, 1.165) is 25.4 Å². The summed E-state index contributed by atoms with van der Waals surface area (Å²) in [6.07, 6.45) is 10.8. The first-order valence-electron chi connectivity index (χ1n) is 8.20. The van der Waals surface area contributed by atoms with E-state index < -0.39 is 0 Å². The van der Waals surface area contributed by atoms with Gasteiger partial charge < -0.3 is 9.47 Å². The van der Waals surface area contributed by atoms with Crippen molar-refractivity contribution in [3.8, 4) is 5.75 Å². The lowest BCUT2D eigenvalue weighted by molar-refractivity contribution is 0.0375. The van der Waals surface area contributed by atoms with E-state index in [0.29, 0.717) is 11.8 Å². The van der Waals surface area contributed by atoms with Gasteiger partial charge in [-0.25, -0.2) is 0 Å². The molecule has 2 nitrogen and oxygen atoms in total. The third-order valence-corrected chi connectivity index (χ3v) is 4.32. The van der Waals surface area contributed by atoms with Crippen LogP contribution in [0.4, 0.5) is 0 Å². The summed E-state index contributed by atoms with van der Waals surface area (Å²) in [4.78, 5) is 0. The smallest absolute Gasteiger partial charge is 0.118 e. The van der Waals surface area contributed by atoms with Crippen LogP contribution in [0.25, 0.3) is 0 Å². The zero-order valence-electron chi connectivity index (χ0n) is 13.4. The van der Waals surface area contributed by atoms with Crippen LogP contribution < -0.4 is 4.74 Å².